The molecule has 0 radical (unpaired) electrons. The Morgan fingerprint density at radius 2 is 1.84 bits per heavy atom. The summed E-state index contributed by atoms with van der Waals surface area (Å²) in [7, 11) is 1.16. The molecule has 2 aromatic heterocycles. The van der Waals surface area contributed by atoms with Crippen molar-refractivity contribution in [3.05, 3.63) is 88.0 Å². The average Bonchev–Trinajstić information content (AvgIpc) is 3.72. The van der Waals surface area contributed by atoms with Gasteiger partial charge in [-0.05, 0) is 37.0 Å². The Morgan fingerprint density at radius 1 is 1.09 bits per heavy atom. The molecule has 13 nitrogen and oxygen atoms in total. The van der Waals surface area contributed by atoms with Crippen molar-refractivity contribution in [2.75, 3.05) is 19.0 Å². The van der Waals surface area contributed by atoms with E-state index in [4.69, 9.17) is 9.15 Å². The second kappa shape index (κ2) is 12.7. The lowest BCUT2D eigenvalue weighted by molar-refractivity contribution is -0.122. The van der Waals surface area contributed by atoms with Crippen molar-refractivity contribution in [2.24, 2.45) is 5.92 Å². The summed E-state index contributed by atoms with van der Waals surface area (Å²) in [6.45, 7) is 7.52. The van der Waals surface area contributed by atoms with Crippen molar-refractivity contribution in [3.8, 4) is 17.1 Å². The zero-order valence-corrected chi connectivity index (χ0v) is 25.6. The first kappa shape index (κ1) is 31.1. The van der Waals surface area contributed by atoms with Crippen LogP contribution in [0.25, 0.3) is 11.4 Å². The molecule has 2 aromatic carbocycles. The number of methoxy groups -OCH3 is 1. The van der Waals surface area contributed by atoms with Crippen LogP contribution in [-0.2, 0) is 27.9 Å². The normalized spacial score (nSPS) is 13.1. The molecule has 2 N–H and O–H groups in total. The Kier molecular flexibility index (Phi) is 8.80. The van der Waals surface area contributed by atoms with Crippen LogP contribution in [0.2, 0.25) is 0 Å². The van der Waals surface area contributed by atoms with Crippen molar-refractivity contribution in [1.29, 1.82) is 0 Å². The van der Waals surface area contributed by atoms with E-state index in [2.05, 4.69) is 30.6 Å². The highest BCUT2D eigenvalue weighted by atomic mass is 16.5. The second-order valence-electron chi connectivity index (χ2n) is 11.5. The number of carbonyl (C=O) groups excluding carboxylic acids is 3. The summed E-state index contributed by atoms with van der Waals surface area (Å²) in [5.41, 5.74) is 1.03. The number of nitrogens with one attached hydrogen (secondary N) is 2. The number of ether oxygens (including phenoxy) is 2. The number of hydrogen-bond donors (Lipinski definition) is 2. The lowest BCUT2D eigenvalue weighted by atomic mass is 9.83. The van der Waals surface area contributed by atoms with Gasteiger partial charge in [0.15, 0.2) is 0 Å². The molecule has 0 spiro atoms. The molecule has 234 valence electrons. The van der Waals surface area contributed by atoms with Crippen molar-refractivity contribution in [2.45, 2.75) is 52.1 Å². The van der Waals surface area contributed by atoms with Gasteiger partial charge in [-0.1, -0.05) is 56.3 Å². The van der Waals surface area contributed by atoms with Crippen LogP contribution in [-0.4, -0.2) is 57.3 Å². The van der Waals surface area contributed by atoms with E-state index in [0.29, 0.717) is 12.2 Å². The molecule has 0 saturated heterocycles. The second-order valence-corrected chi connectivity index (χ2v) is 11.5. The van der Waals surface area contributed by atoms with Crippen molar-refractivity contribution < 1.29 is 28.3 Å². The highest BCUT2D eigenvalue weighted by Crippen LogP contribution is 2.35. The van der Waals surface area contributed by atoms with E-state index in [1.807, 2.05) is 32.0 Å². The van der Waals surface area contributed by atoms with E-state index >= 15 is 0 Å². The lowest BCUT2D eigenvalue weighted by Gasteiger charge is -2.22. The molecule has 3 heterocycles. The SMILES string of the molecule is COC(=O)Nc1cnc(-c2ccccc2)n(CC(=O)N[C@@H](C(=O)c2nnc(C(C)(C)c3ccc4c(c3)CCO4)o2)C(C)C)c1=O. The van der Waals surface area contributed by atoms with Gasteiger partial charge in [0.1, 0.15) is 23.8 Å². The number of ketones is 1. The van der Waals surface area contributed by atoms with Gasteiger partial charge in [-0.25, -0.2) is 9.78 Å². The largest absolute Gasteiger partial charge is 0.493 e. The molecule has 0 bridgehead atoms. The minimum Gasteiger partial charge on any atom is -0.493 e. The van der Waals surface area contributed by atoms with E-state index < -0.39 is 41.3 Å². The molecule has 0 saturated carbocycles. The Bertz CT molecular complexity index is 1800. The molecule has 13 heteroatoms. The fourth-order valence-electron chi connectivity index (χ4n) is 5.01. The minimum atomic E-state index is -1.04. The Balaban J connectivity index is 1.38. The van der Waals surface area contributed by atoms with E-state index in [0.717, 1.165) is 35.0 Å². The molecule has 4 aromatic rings. The lowest BCUT2D eigenvalue weighted by Crippen LogP contribution is -2.46. The van der Waals surface area contributed by atoms with Gasteiger partial charge in [0.05, 0.1) is 31.4 Å². The molecular weight excluding hydrogens is 580 g/mol. The number of aromatic nitrogens is 4. The van der Waals surface area contributed by atoms with Crippen molar-refractivity contribution >= 4 is 23.5 Å². The van der Waals surface area contributed by atoms with Gasteiger partial charge in [-0.2, -0.15) is 0 Å². The molecule has 0 aliphatic carbocycles. The number of hydrogen-bond acceptors (Lipinski definition) is 10. The fraction of sp³-hybridized carbons (Fsp3) is 0.344. The molecule has 0 fully saturated rings. The van der Waals surface area contributed by atoms with Crippen LogP contribution >= 0.6 is 0 Å². The smallest absolute Gasteiger partial charge is 0.411 e. The molecule has 5 rings (SSSR count). The maximum Gasteiger partial charge on any atom is 0.411 e. The summed E-state index contributed by atoms with van der Waals surface area (Å²) >= 11 is 0. The Morgan fingerprint density at radius 3 is 2.56 bits per heavy atom. The van der Waals surface area contributed by atoms with Crippen molar-refractivity contribution in [3.63, 3.8) is 0 Å². The summed E-state index contributed by atoms with van der Waals surface area (Å²) in [6.07, 6.45) is 1.14. The van der Waals surface area contributed by atoms with E-state index in [1.54, 1.807) is 44.2 Å². The number of nitrogens with zero attached hydrogens (tertiary/aromatic N) is 4. The minimum absolute atomic E-state index is 0.178. The predicted octanol–water partition coefficient (Wildman–Crippen LogP) is 3.76. The average molecular weight is 615 g/mol. The Labute approximate surface area is 259 Å². The molecule has 1 aliphatic heterocycles. The number of anilines is 1. The summed E-state index contributed by atoms with van der Waals surface area (Å²) in [5.74, 6) is -0.512. The number of fused-ring (bicyclic) bond motifs is 1. The standard InChI is InChI=1S/C32H34N6O7/c1-18(2)25(26(40)28-36-37-30(45-28)32(3,4)21-11-12-23-20(15-21)13-14-44-23)35-24(39)17-38-27(19-9-7-6-8-10-19)33-16-22(29(38)41)34-31(42)43-5/h6-12,15-16,18,25H,13-14,17H2,1-5H3,(H,34,42)(H,35,39)/t25-/m1/s1. The molecule has 1 aliphatic rings. The zero-order chi connectivity index (χ0) is 32.3. The van der Waals surface area contributed by atoms with Gasteiger partial charge >= 0.3 is 6.09 Å². The van der Waals surface area contributed by atoms with Gasteiger partial charge in [0, 0.05) is 12.0 Å². The molecule has 2 amide bonds. The van der Waals surface area contributed by atoms with E-state index in [1.165, 1.54) is 6.20 Å². The molecule has 0 unspecified atom stereocenters. The Hall–Kier alpha value is -5.33. The number of rotatable bonds is 10. The van der Waals surface area contributed by atoms with Gasteiger partial charge in [0.25, 0.3) is 11.4 Å². The maximum absolute atomic E-state index is 13.6. The predicted molar refractivity (Wildman–Crippen MR) is 163 cm³/mol. The van der Waals surface area contributed by atoms with Crippen LogP contribution in [0.5, 0.6) is 5.75 Å². The first-order chi connectivity index (χ1) is 21.5. The number of carbonyl (C=O) groups is 3. The van der Waals surface area contributed by atoms with Gasteiger partial charge in [-0.3, -0.25) is 24.3 Å². The first-order valence-corrected chi connectivity index (χ1v) is 14.4. The third-order valence-corrected chi connectivity index (χ3v) is 7.65. The van der Waals surface area contributed by atoms with Gasteiger partial charge < -0.3 is 19.2 Å². The van der Waals surface area contributed by atoms with Gasteiger partial charge in [0.2, 0.25) is 17.6 Å². The summed E-state index contributed by atoms with van der Waals surface area (Å²) < 4.78 is 17.2. The summed E-state index contributed by atoms with van der Waals surface area (Å²) in [4.78, 5) is 56.5. The van der Waals surface area contributed by atoms with E-state index in [-0.39, 0.29) is 29.2 Å². The molecule has 45 heavy (non-hydrogen) atoms. The highest BCUT2D eigenvalue weighted by Gasteiger charge is 2.35. The molecule has 1 atom stereocenters. The number of amides is 2. The van der Waals surface area contributed by atoms with Crippen LogP contribution in [0.1, 0.15) is 55.4 Å². The number of Topliss-reactive ketones (excluding diaryl/α,β-unsaturated/α-hetero) is 1. The third kappa shape index (κ3) is 6.47. The van der Waals surface area contributed by atoms with Crippen LogP contribution in [0, 0.1) is 5.92 Å². The van der Waals surface area contributed by atoms with Crippen molar-refractivity contribution in [1.82, 2.24) is 25.1 Å². The monoisotopic (exact) mass is 614 g/mol. The summed E-state index contributed by atoms with van der Waals surface area (Å²) in [6, 6.07) is 13.6. The molecular formula is C32H34N6O7. The first-order valence-electron chi connectivity index (χ1n) is 14.4. The van der Waals surface area contributed by atoms with Crippen LogP contribution in [0.15, 0.2) is 63.9 Å². The van der Waals surface area contributed by atoms with Gasteiger partial charge in [-0.15, -0.1) is 10.2 Å². The highest BCUT2D eigenvalue weighted by molar-refractivity contribution is 5.98. The van der Waals surface area contributed by atoms with Crippen LogP contribution in [0.3, 0.4) is 0 Å². The zero-order valence-electron chi connectivity index (χ0n) is 25.6. The van der Waals surface area contributed by atoms with Crippen LogP contribution < -0.4 is 20.9 Å². The number of benzene rings is 2. The fourth-order valence-corrected chi connectivity index (χ4v) is 5.01. The third-order valence-electron chi connectivity index (χ3n) is 7.65. The summed E-state index contributed by atoms with van der Waals surface area (Å²) in [5, 5.41) is 13.2. The van der Waals surface area contributed by atoms with Crippen LogP contribution in [0.4, 0.5) is 10.5 Å². The topological polar surface area (TPSA) is 168 Å². The maximum atomic E-state index is 13.6. The van der Waals surface area contributed by atoms with E-state index in [9.17, 15) is 19.2 Å². The quantitative estimate of drug-likeness (QED) is 0.251.